The first kappa shape index (κ1) is 14.3. The van der Waals surface area contributed by atoms with Crippen LogP contribution in [0, 0.1) is 20.8 Å². The lowest BCUT2D eigenvalue weighted by Gasteiger charge is -2.08. The fourth-order valence-electron chi connectivity index (χ4n) is 2.66. The molecule has 0 spiro atoms. The third-order valence-corrected chi connectivity index (χ3v) is 3.79. The number of carbonyl (C=O) groups is 1. The Labute approximate surface area is 128 Å². The highest BCUT2D eigenvalue weighted by atomic mass is 16.1. The smallest absolute Gasteiger partial charge is 0.248 e. The first-order chi connectivity index (χ1) is 10.5. The van der Waals surface area contributed by atoms with Crippen LogP contribution in [0.1, 0.15) is 33.0 Å². The van der Waals surface area contributed by atoms with E-state index in [4.69, 9.17) is 5.73 Å². The van der Waals surface area contributed by atoms with Gasteiger partial charge in [0, 0.05) is 11.3 Å². The lowest BCUT2D eigenvalue weighted by atomic mass is 10.1. The van der Waals surface area contributed by atoms with Crippen LogP contribution in [0.5, 0.6) is 0 Å². The Bertz CT molecular complexity index is 862. The van der Waals surface area contributed by atoms with Gasteiger partial charge in [-0.3, -0.25) is 4.79 Å². The van der Waals surface area contributed by atoms with Gasteiger partial charge in [-0.15, -0.1) is 0 Å². The first-order valence-electron chi connectivity index (χ1n) is 7.15. The molecule has 0 aliphatic heterocycles. The first-order valence-corrected chi connectivity index (χ1v) is 7.15. The van der Waals surface area contributed by atoms with Gasteiger partial charge in [0.25, 0.3) is 0 Å². The van der Waals surface area contributed by atoms with Crippen LogP contribution in [0.25, 0.3) is 11.2 Å². The summed E-state index contributed by atoms with van der Waals surface area (Å²) in [5.41, 5.74) is 10.8. The zero-order valence-electron chi connectivity index (χ0n) is 12.9. The maximum Gasteiger partial charge on any atom is 0.248 e. The van der Waals surface area contributed by atoms with Crippen LogP contribution >= 0.6 is 0 Å². The molecule has 2 N–H and O–H groups in total. The average molecular weight is 294 g/mol. The van der Waals surface area contributed by atoms with Gasteiger partial charge < -0.3 is 10.3 Å². The van der Waals surface area contributed by atoms with Crippen LogP contribution in [-0.2, 0) is 6.54 Å². The van der Waals surface area contributed by atoms with Gasteiger partial charge >= 0.3 is 0 Å². The number of nitrogens with zero attached hydrogens (tertiary/aromatic N) is 3. The highest BCUT2D eigenvalue weighted by Gasteiger charge is 2.12. The molecule has 0 radical (unpaired) electrons. The highest BCUT2D eigenvalue weighted by molar-refractivity contribution is 5.92. The topological polar surface area (TPSA) is 73.8 Å². The molecule has 0 unspecified atom stereocenters. The molecule has 3 rings (SSSR count). The Hall–Kier alpha value is -2.69. The van der Waals surface area contributed by atoms with Crippen LogP contribution in [0.2, 0.25) is 0 Å². The molecule has 22 heavy (non-hydrogen) atoms. The van der Waals surface area contributed by atoms with E-state index < -0.39 is 5.91 Å². The van der Waals surface area contributed by atoms with Crippen molar-refractivity contribution in [1.82, 2.24) is 14.5 Å². The number of rotatable bonds is 3. The van der Waals surface area contributed by atoms with E-state index in [0.717, 1.165) is 33.8 Å². The number of fused-ring (bicyclic) bond motifs is 1. The molecule has 1 amide bonds. The number of aryl methyl sites for hydroxylation is 3. The Kier molecular flexibility index (Phi) is 3.41. The number of nitrogens with two attached hydrogens (primary N) is 1. The summed E-state index contributed by atoms with van der Waals surface area (Å²) in [6, 6.07) is 9.36. The quantitative estimate of drug-likeness (QED) is 0.806. The Morgan fingerprint density at radius 2 is 1.82 bits per heavy atom. The number of amides is 1. The largest absolute Gasteiger partial charge is 0.366 e. The number of pyridine rings is 1. The minimum Gasteiger partial charge on any atom is -0.366 e. The molecule has 5 nitrogen and oxygen atoms in total. The van der Waals surface area contributed by atoms with Crippen molar-refractivity contribution in [3.8, 4) is 0 Å². The monoisotopic (exact) mass is 294 g/mol. The Morgan fingerprint density at radius 3 is 2.45 bits per heavy atom. The van der Waals surface area contributed by atoms with Gasteiger partial charge in [0.05, 0.1) is 6.54 Å². The maximum absolute atomic E-state index is 11.1. The van der Waals surface area contributed by atoms with E-state index in [2.05, 4.69) is 21.5 Å². The molecular weight excluding hydrogens is 276 g/mol. The molecule has 0 bridgehead atoms. The fraction of sp³-hybridized carbons (Fsp3) is 0.235. The molecule has 0 saturated heterocycles. The second-order valence-corrected chi connectivity index (χ2v) is 5.56. The van der Waals surface area contributed by atoms with E-state index in [-0.39, 0.29) is 0 Å². The Morgan fingerprint density at radius 1 is 1.14 bits per heavy atom. The van der Waals surface area contributed by atoms with E-state index in [9.17, 15) is 4.79 Å². The molecule has 0 atom stereocenters. The predicted molar refractivity (Wildman–Crippen MR) is 85.8 cm³/mol. The molecule has 0 aliphatic carbocycles. The summed E-state index contributed by atoms with van der Waals surface area (Å²) in [7, 11) is 0. The van der Waals surface area contributed by atoms with Gasteiger partial charge in [-0.05, 0) is 50.1 Å². The van der Waals surface area contributed by atoms with Crippen molar-refractivity contribution in [2.75, 3.05) is 0 Å². The van der Waals surface area contributed by atoms with Crippen molar-refractivity contribution >= 4 is 17.1 Å². The second-order valence-electron chi connectivity index (χ2n) is 5.56. The predicted octanol–water partition coefficient (Wildman–Crippen LogP) is 2.50. The van der Waals surface area contributed by atoms with E-state index in [1.165, 1.54) is 0 Å². The van der Waals surface area contributed by atoms with Gasteiger partial charge in [-0.25, -0.2) is 9.97 Å². The molecule has 3 aromatic rings. The lowest BCUT2D eigenvalue weighted by molar-refractivity contribution is 0.100. The van der Waals surface area contributed by atoms with Crippen LogP contribution in [0.4, 0.5) is 0 Å². The summed E-state index contributed by atoms with van der Waals surface area (Å²) in [5, 5.41) is 0. The van der Waals surface area contributed by atoms with E-state index in [1.807, 2.05) is 32.0 Å². The summed E-state index contributed by atoms with van der Waals surface area (Å²) in [4.78, 5) is 20.4. The van der Waals surface area contributed by atoms with Crippen molar-refractivity contribution in [3.05, 3.63) is 58.5 Å². The van der Waals surface area contributed by atoms with E-state index >= 15 is 0 Å². The van der Waals surface area contributed by atoms with Crippen molar-refractivity contribution < 1.29 is 4.79 Å². The third-order valence-electron chi connectivity index (χ3n) is 3.79. The molecule has 112 valence electrons. The number of primary amides is 1. The van der Waals surface area contributed by atoms with Crippen molar-refractivity contribution in [2.24, 2.45) is 5.73 Å². The Balaban J connectivity index is 2.03. The number of hydrogen-bond acceptors (Lipinski definition) is 3. The van der Waals surface area contributed by atoms with Gasteiger partial charge in [-0.2, -0.15) is 0 Å². The number of imidazole rings is 1. The van der Waals surface area contributed by atoms with Crippen LogP contribution < -0.4 is 5.73 Å². The van der Waals surface area contributed by atoms with E-state index in [1.54, 1.807) is 12.1 Å². The van der Waals surface area contributed by atoms with Crippen LogP contribution in [0.15, 0.2) is 30.3 Å². The summed E-state index contributed by atoms with van der Waals surface area (Å²) >= 11 is 0. The lowest BCUT2D eigenvalue weighted by Crippen LogP contribution is -2.11. The molecule has 0 aliphatic rings. The zero-order valence-corrected chi connectivity index (χ0v) is 12.9. The van der Waals surface area contributed by atoms with Crippen molar-refractivity contribution in [3.63, 3.8) is 0 Å². The van der Waals surface area contributed by atoms with Gasteiger partial charge in [0.1, 0.15) is 11.3 Å². The standard InChI is InChI=1S/C17H18N4O/c1-10-8-11(2)19-17-15(10)20-12(3)21(17)9-13-4-6-14(7-5-13)16(18)22/h4-8H,9H2,1-3H3,(H2,18,22). The number of aromatic nitrogens is 3. The highest BCUT2D eigenvalue weighted by Crippen LogP contribution is 2.20. The number of benzene rings is 1. The molecule has 2 heterocycles. The average Bonchev–Trinajstić information content (AvgIpc) is 2.77. The van der Waals surface area contributed by atoms with Crippen molar-refractivity contribution in [1.29, 1.82) is 0 Å². The summed E-state index contributed by atoms with van der Waals surface area (Å²) in [6.45, 7) is 6.68. The van der Waals surface area contributed by atoms with Crippen molar-refractivity contribution in [2.45, 2.75) is 27.3 Å². The molecule has 5 heteroatoms. The number of carbonyl (C=O) groups excluding carboxylic acids is 1. The number of hydrogen-bond donors (Lipinski definition) is 1. The van der Waals surface area contributed by atoms with Crippen LogP contribution in [-0.4, -0.2) is 20.4 Å². The minimum absolute atomic E-state index is 0.413. The van der Waals surface area contributed by atoms with E-state index in [0.29, 0.717) is 12.1 Å². The van der Waals surface area contributed by atoms with Gasteiger partial charge in [-0.1, -0.05) is 12.1 Å². The molecule has 0 fully saturated rings. The molecule has 0 saturated carbocycles. The van der Waals surface area contributed by atoms with Gasteiger partial charge in [0.15, 0.2) is 5.65 Å². The summed E-state index contributed by atoms with van der Waals surface area (Å²) in [6.07, 6.45) is 0. The molecule has 2 aromatic heterocycles. The van der Waals surface area contributed by atoms with Crippen LogP contribution in [0.3, 0.4) is 0 Å². The zero-order chi connectivity index (χ0) is 15.9. The SMILES string of the molecule is Cc1cc(C)c2nc(C)n(Cc3ccc(C(N)=O)cc3)c2n1. The second kappa shape index (κ2) is 5.26. The summed E-state index contributed by atoms with van der Waals surface area (Å²) in [5.74, 6) is 0.513. The summed E-state index contributed by atoms with van der Waals surface area (Å²) < 4.78 is 2.09. The normalized spacial score (nSPS) is 11.0. The fourth-order valence-corrected chi connectivity index (χ4v) is 2.66. The molecular formula is C17H18N4O. The third kappa shape index (κ3) is 2.45. The minimum atomic E-state index is -0.413. The van der Waals surface area contributed by atoms with Gasteiger partial charge in [0.2, 0.25) is 5.91 Å². The maximum atomic E-state index is 11.1. The molecule has 1 aromatic carbocycles.